The first-order chi connectivity index (χ1) is 7.72. The van der Waals surface area contributed by atoms with Crippen LogP contribution in [0.25, 0.3) is 0 Å². The van der Waals surface area contributed by atoms with Crippen LogP contribution in [0.15, 0.2) is 12.1 Å². The molecule has 0 aliphatic carbocycles. The Morgan fingerprint density at radius 2 is 2.19 bits per heavy atom. The molecule has 2 N–H and O–H groups in total. The Kier molecular flexibility index (Phi) is 3.37. The van der Waals surface area contributed by atoms with Crippen LogP contribution < -0.4 is 10.6 Å². The fourth-order valence-corrected chi connectivity index (χ4v) is 2.64. The largest absolute Gasteiger partial charge is 0.399 e. The highest BCUT2D eigenvalue weighted by Crippen LogP contribution is 2.33. The zero-order valence-electron chi connectivity index (χ0n) is 10.4. The second-order valence-corrected chi connectivity index (χ2v) is 4.82. The summed E-state index contributed by atoms with van der Waals surface area (Å²) >= 11 is 0. The van der Waals surface area contributed by atoms with Crippen molar-refractivity contribution >= 4 is 11.4 Å². The fraction of sp³-hybridized carbons (Fsp3) is 0.571. The average molecular weight is 218 g/mol. The maximum Gasteiger partial charge on any atom is 0.0430 e. The van der Waals surface area contributed by atoms with E-state index in [4.69, 9.17) is 5.73 Å². The normalized spacial score (nSPS) is 15.0. The zero-order chi connectivity index (χ0) is 11.5. The molecule has 0 unspecified atom stereocenters. The molecule has 2 nitrogen and oxygen atoms in total. The minimum Gasteiger partial charge on any atom is -0.399 e. The lowest BCUT2D eigenvalue weighted by Crippen LogP contribution is -2.26. The lowest BCUT2D eigenvalue weighted by Gasteiger charge is -2.30. The van der Waals surface area contributed by atoms with Crippen molar-refractivity contribution in [1.29, 1.82) is 0 Å². The number of benzene rings is 1. The van der Waals surface area contributed by atoms with Crippen LogP contribution in [-0.4, -0.2) is 13.6 Å². The molecule has 2 heteroatoms. The molecule has 1 aromatic rings. The van der Waals surface area contributed by atoms with E-state index < -0.39 is 0 Å². The van der Waals surface area contributed by atoms with Gasteiger partial charge < -0.3 is 10.6 Å². The molecule has 0 saturated heterocycles. The van der Waals surface area contributed by atoms with Crippen molar-refractivity contribution < 1.29 is 0 Å². The Hall–Kier alpha value is -1.18. The van der Waals surface area contributed by atoms with Gasteiger partial charge in [-0.25, -0.2) is 0 Å². The van der Waals surface area contributed by atoms with Gasteiger partial charge in [0, 0.05) is 25.0 Å². The van der Waals surface area contributed by atoms with Crippen molar-refractivity contribution in [2.24, 2.45) is 0 Å². The first-order valence-electron chi connectivity index (χ1n) is 6.34. The molecule has 0 saturated carbocycles. The van der Waals surface area contributed by atoms with Gasteiger partial charge in [0.25, 0.3) is 0 Å². The number of hydrogen-bond acceptors (Lipinski definition) is 2. The summed E-state index contributed by atoms with van der Waals surface area (Å²) in [6, 6.07) is 4.32. The maximum absolute atomic E-state index is 5.98. The number of hydrogen-bond donors (Lipinski definition) is 1. The summed E-state index contributed by atoms with van der Waals surface area (Å²) in [6.45, 7) is 3.42. The van der Waals surface area contributed by atoms with Gasteiger partial charge in [-0.1, -0.05) is 13.3 Å². The third-order valence-corrected chi connectivity index (χ3v) is 3.41. The molecule has 1 aromatic carbocycles. The molecule has 16 heavy (non-hydrogen) atoms. The second-order valence-electron chi connectivity index (χ2n) is 4.82. The van der Waals surface area contributed by atoms with Crippen molar-refractivity contribution in [1.82, 2.24) is 0 Å². The summed E-state index contributed by atoms with van der Waals surface area (Å²) in [4.78, 5) is 2.39. The topological polar surface area (TPSA) is 29.3 Å². The van der Waals surface area contributed by atoms with Crippen molar-refractivity contribution in [2.45, 2.75) is 39.0 Å². The zero-order valence-corrected chi connectivity index (χ0v) is 10.4. The Morgan fingerprint density at radius 3 is 2.94 bits per heavy atom. The number of unbranched alkanes of at least 4 members (excludes halogenated alkanes) is 1. The first-order valence-corrected chi connectivity index (χ1v) is 6.34. The number of rotatable bonds is 3. The van der Waals surface area contributed by atoms with Crippen LogP contribution in [0.5, 0.6) is 0 Å². The summed E-state index contributed by atoms with van der Waals surface area (Å²) < 4.78 is 0. The fourth-order valence-electron chi connectivity index (χ4n) is 2.64. The van der Waals surface area contributed by atoms with Crippen molar-refractivity contribution in [2.75, 3.05) is 24.2 Å². The summed E-state index contributed by atoms with van der Waals surface area (Å²) in [7, 11) is 2.20. The van der Waals surface area contributed by atoms with Crippen molar-refractivity contribution in [3.05, 3.63) is 23.3 Å². The minimum absolute atomic E-state index is 0.931. The lowest BCUT2D eigenvalue weighted by atomic mass is 9.95. The van der Waals surface area contributed by atoms with Gasteiger partial charge in [-0.15, -0.1) is 0 Å². The molecule has 0 radical (unpaired) electrons. The second kappa shape index (κ2) is 4.77. The van der Waals surface area contributed by atoms with Gasteiger partial charge in [-0.3, -0.25) is 0 Å². The van der Waals surface area contributed by atoms with Gasteiger partial charge in [0.05, 0.1) is 0 Å². The van der Waals surface area contributed by atoms with Crippen LogP contribution in [0.1, 0.15) is 37.3 Å². The third kappa shape index (κ3) is 2.16. The maximum atomic E-state index is 5.98. The van der Waals surface area contributed by atoms with Gasteiger partial charge in [0.1, 0.15) is 0 Å². The molecule has 0 spiro atoms. The standard InChI is InChI=1S/C14H22N2/c1-3-4-6-11-9-13(15)10-12-7-5-8-16(2)14(11)12/h9-10H,3-8,15H2,1-2H3. The SMILES string of the molecule is CCCCc1cc(N)cc2c1N(C)CCC2. The Bertz CT molecular complexity index is 371. The van der Waals surface area contributed by atoms with E-state index >= 15 is 0 Å². The van der Waals surface area contributed by atoms with Crippen molar-refractivity contribution in [3.8, 4) is 0 Å². The molecule has 2 rings (SSSR count). The van der Waals surface area contributed by atoms with E-state index in [-0.39, 0.29) is 0 Å². The van der Waals surface area contributed by atoms with Crippen LogP contribution >= 0.6 is 0 Å². The Balaban J connectivity index is 2.37. The molecule has 88 valence electrons. The first kappa shape index (κ1) is 11.3. The van der Waals surface area contributed by atoms with Crippen LogP contribution in [0.4, 0.5) is 11.4 Å². The molecule has 1 aliphatic rings. The lowest BCUT2D eigenvalue weighted by molar-refractivity contribution is 0.728. The van der Waals surface area contributed by atoms with Gasteiger partial charge in [0.15, 0.2) is 0 Å². The highest BCUT2D eigenvalue weighted by Gasteiger charge is 2.17. The molecule has 0 aromatic heterocycles. The number of nitrogen functional groups attached to an aromatic ring is 1. The number of nitrogens with zero attached hydrogens (tertiary/aromatic N) is 1. The summed E-state index contributed by atoms with van der Waals surface area (Å²) in [5.74, 6) is 0. The molecule has 0 atom stereocenters. The predicted molar refractivity (Wildman–Crippen MR) is 71.1 cm³/mol. The molecule has 1 heterocycles. The molecule has 0 fully saturated rings. The highest BCUT2D eigenvalue weighted by atomic mass is 15.1. The van der Waals surface area contributed by atoms with Gasteiger partial charge in [-0.05, 0) is 48.9 Å². The van der Waals surface area contributed by atoms with Crippen LogP contribution in [0.3, 0.4) is 0 Å². The van der Waals surface area contributed by atoms with E-state index in [1.807, 2.05) is 0 Å². The molecule has 0 amide bonds. The number of aryl methyl sites for hydroxylation is 2. The number of fused-ring (bicyclic) bond motifs is 1. The average Bonchev–Trinajstić information content (AvgIpc) is 2.25. The van der Waals surface area contributed by atoms with E-state index in [9.17, 15) is 0 Å². The minimum atomic E-state index is 0.931. The van der Waals surface area contributed by atoms with E-state index in [0.29, 0.717) is 0 Å². The van der Waals surface area contributed by atoms with Gasteiger partial charge >= 0.3 is 0 Å². The summed E-state index contributed by atoms with van der Waals surface area (Å²) in [5, 5.41) is 0. The number of nitrogens with two attached hydrogens (primary N) is 1. The van der Waals surface area contributed by atoms with E-state index in [0.717, 1.165) is 12.1 Å². The molecular weight excluding hydrogens is 196 g/mol. The van der Waals surface area contributed by atoms with Crippen LogP contribution in [-0.2, 0) is 12.8 Å². The molecule has 0 bridgehead atoms. The van der Waals surface area contributed by atoms with Crippen molar-refractivity contribution in [3.63, 3.8) is 0 Å². The summed E-state index contributed by atoms with van der Waals surface area (Å²) in [5.41, 5.74) is 11.3. The molecular formula is C14H22N2. The predicted octanol–water partition coefficient (Wildman–Crippen LogP) is 2.99. The van der Waals surface area contributed by atoms with Crippen LogP contribution in [0, 0.1) is 0 Å². The van der Waals surface area contributed by atoms with E-state index in [1.165, 1.54) is 49.0 Å². The Labute approximate surface area is 98.4 Å². The summed E-state index contributed by atoms with van der Waals surface area (Å²) in [6.07, 6.45) is 6.09. The van der Waals surface area contributed by atoms with E-state index in [2.05, 4.69) is 31.0 Å². The Morgan fingerprint density at radius 1 is 1.38 bits per heavy atom. The van der Waals surface area contributed by atoms with E-state index in [1.54, 1.807) is 0 Å². The number of anilines is 2. The van der Waals surface area contributed by atoms with Crippen LogP contribution in [0.2, 0.25) is 0 Å². The highest BCUT2D eigenvalue weighted by molar-refractivity contribution is 5.66. The smallest absolute Gasteiger partial charge is 0.0430 e. The van der Waals surface area contributed by atoms with Gasteiger partial charge in [-0.2, -0.15) is 0 Å². The monoisotopic (exact) mass is 218 g/mol. The van der Waals surface area contributed by atoms with Gasteiger partial charge in [0.2, 0.25) is 0 Å². The third-order valence-electron chi connectivity index (χ3n) is 3.41. The molecule has 1 aliphatic heterocycles. The quantitative estimate of drug-likeness (QED) is 0.790.